The van der Waals surface area contributed by atoms with Crippen molar-refractivity contribution < 1.29 is 0 Å². The molecule has 15 heavy (non-hydrogen) atoms. The van der Waals surface area contributed by atoms with Crippen molar-refractivity contribution in [1.29, 1.82) is 0 Å². The molecule has 0 aliphatic heterocycles. The Bertz CT molecular complexity index is 123. The predicted molar refractivity (Wildman–Crippen MR) is 72.8 cm³/mol. The first-order valence-corrected chi connectivity index (χ1v) is 9.06. The van der Waals surface area contributed by atoms with Gasteiger partial charge in [0.15, 0.2) is 0 Å². The van der Waals surface area contributed by atoms with Crippen LogP contribution in [0.4, 0.5) is 0 Å². The minimum atomic E-state index is 0.229. The third-order valence-corrected chi connectivity index (χ3v) is 6.21. The molecule has 0 nitrogen and oxygen atoms in total. The van der Waals surface area contributed by atoms with E-state index in [1.54, 1.807) is 4.55 Å². The molecule has 0 saturated heterocycles. The van der Waals surface area contributed by atoms with Gasteiger partial charge < -0.3 is 0 Å². The summed E-state index contributed by atoms with van der Waals surface area (Å²) in [6, 6.07) is 0. The van der Waals surface area contributed by atoms with Crippen molar-refractivity contribution in [2.45, 2.75) is 81.2 Å². The van der Waals surface area contributed by atoms with Gasteiger partial charge in [0.25, 0.3) is 0 Å². The van der Waals surface area contributed by atoms with E-state index in [9.17, 15) is 0 Å². The summed E-state index contributed by atoms with van der Waals surface area (Å²) in [5.74, 6) is 1.07. The van der Waals surface area contributed by atoms with Crippen LogP contribution in [0.15, 0.2) is 0 Å². The van der Waals surface area contributed by atoms with E-state index in [4.69, 9.17) is 0 Å². The minimum absolute atomic E-state index is 0.229. The SMILES string of the molecule is CCCCC(CC)[CH2][Mg][CH](C)CCCC. The molecule has 0 aromatic carbocycles. The molecule has 0 N–H and O–H groups in total. The molecule has 2 unspecified atom stereocenters. The van der Waals surface area contributed by atoms with Crippen LogP contribution in [0.1, 0.15) is 72.6 Å². The third kappa shape index (κ3) is 9.68. The summed E-state index contributed by atoms with van der Waals surface area (Å²) in [7, 11) is 0. The van der Waals surface area contributed by atoms with Gasteiger partial charge in [-0.05, 0) is 0 Å². The molecule has 0 aliphatic carbocycles. The zero-order chi connectivity index (χ0) is 11.5. The summed E-state index contributed by atoms with van der Waals surface area (Å²) < 4.78 is 2.71. The molecule has 2 atom stereocenters. The van der Waals surface area contributed by atoms with Gasteiger partial charge in [-0.3, -0.25) is 0 Å². The highest BCUT2D eigenvalue weighted by Crippen LogP contribution is 2.21. The van der Waals surface area contributed by atoms with Gasteiger partial charge in [0.1, 0.15) is 0 Å². The molecule has 0 fully saturated rings. The highest BCUT2D eigenvalue weighted by Gasteiger charge is 2.11. The monoisotopic (exact) mass is 222 g/mol. The van der Waals surface area contributed by atoms with Crippen LogP contribution in [0, 0.1) is 5.92 Å². The van der Waals surface area contributed by atoms with Crippen molar-refractivity contribution in [3.05, 3.63) is 0 Å². The molecule has 0 bridgehead atoms. The normalized spacial score (nSPS) is 14.7. The lowest BCUT2D eigenvalue weighted by Crippen LogP contribution is -2.07. The van der Waals surface area contributed by atoms with Gasteiger partial charge in [0.2, 0.25) is 0 Å². The van der Waals surface area contributed by atoms with Crippen LogP contribution in [-0.4, -0.2) is 20.4 Å². The van der Waals surface area contributed by atoms with Crippen LogP contribution < -0.4 is 0 Å². The summed E-state index contributed by atoms with van der Waals surface area (Å²) in [4.78, 5) is 0. The lowest BCUT2D eigenvalue weighted by Gasteiger charge is -2.16. The Labute approximate surface area is 107 Å². The van der Waals surface area contributed by atoms with Crippen molar-refractivity contribution in [3.8, 4) is 0 Å². The van der Waals surface area contributed by atoms with E-state index in [0.29, 0.717) is 0 Å². The fourth-order valence-corrected chi connectivity index (χ4v) is 4.58. The van der Waals surface area contributed by atoms with Crippen LogP contribution in [0.5, 0.6) is 0 Å². The van der Waals surface area contributed by atoms with Gasteiger partial charge in [-0.15, -0.1) is 8.60 Å². The highest BCUT2D eigenvalue weighted by atomic mass is 24.5. The van der Waals surface area contributed by atoms with Crippen molar-refractivity contribution in [1.82, 2.24) is 0 Å². The Morgan fingerprint density at radius 1 is 0.933 bits per heavy atom. The predicted octanol–water partition coefficient (Wildman–Crippen LogP) is 5.32. The van der Waals surface area contributed by atoms with E-state index in [1.807, 2.05) is 0 Å². The quantitative estimate of drug-likeness (QED) is 0.439. The largest absolute Gasteiger partial charge is 0.368 e. The standard InChI is InChI=1S/C8H17.C6H13.Mg/c1-4-6-7-8(3)5-2;1-3-5-6-4-2;/h8H,3-7H2,1-2H3;3H,4-6H2,1-2H3;. The molecule has 0 radical (unpaired) electrons. The Kier molecular flexibility index (Phi) is 11.8. The van der Waals surface area contributed by atoms with Crippen molar-refractivity contribution >= 4 is 20.4 Å². The topological polar surface area (TPSA) is 0 Å². The minimum Gasteiger partial charge on any atom is -0.143 e. The van der Waals surface area contributed by atoms with Crippen molar-refractivity contribution in [2.75, 3.05) is 0 Å². The van der Waals surface area contributed by atoms with Crippen LogP contribution in [0.2, 0.25) is 8.60 Å². The molecule has 0 spiro atoms. The summed E-state index contributed by atoms with van der Waals surface area (Å²) in [6.07, 6.45) is 10.1. The summed E-state index contributed by atoms with van der Waals surface area (Å²) in [5, 5.41) is 0. The zero-order valence-electron chi connectivity index (χ0n) is 11.5. The molecule has 0 aliphatic rings. The fourth-order valence-electron chi connectivity index (χ4n) is 2.26. The van der Waals surface area contributed by atoms with Gasteiger partial charge in [0.05, 0.1) is 0 Å². The van der Waals surface area contributed by atoms with Gasteiger partial charge in [-0.25, -0.2) is 0 Å². The van der Waals surface area contributed by atoms with E-state index in [-0.39, 0.29) is 20.4 Å². The molecule has 0 aromatic heterocycles. The number of rotatable bonds is 10. The number of hydrogen-bond donors (Lipinski definition) is 0. The first kappa shape index (κ1) is 15.8. The summed E-state index contributed by atoms with van der Waals surface area (Å²) in [6.45, 7) is 9.50. The molecule has 0 rings (SSSR count). The molecule has 1 heteroatoms. The van der Waals surface area contributed by atoms with Crippen LogP contribution in [-0.2, 0) is 0 Å². The molecule has 88 valence electrons. The Morgan fingerprint density at radius 2 is 1.53 bits per heavy atom. The summed E-state index contributed by atoms with van der Waals surface area (Å²) >= 11 is 0.229. The molecular weight excluding hydrogens is 192 g/mol. The van der Waals surface area contributed by atoms with E-state index >= 15 is 0 Å². The smallest absolute Gasteiger partial charge is 0.143 e. The van der Waals surface area contributed by atoms with Crippen LogP contribution in [0.25, 0.3) is 0 Å². The molecule has 0 saturated carbocycles. The number of unbranched alkanes of at least 4 members (excludes halogenated alkanes) is 2. The van der Waals surface area contributed by atoms with Gasteiger partial charge >= 0.3 is 20.4 Å². The average Bonchev–Trinajstić information content (AvgIpc) is 2.26. The van der Waals surface area contributed by atoms with E-state index in [2.05, 4.69) is 27.7 Å². The lowest BCUT2D eigenvalue weighted by molar-refractivity contribution is 0.487. The lowest BCUT2D eigenvalue weighted by atomic mass is 10.0. The molecule has 0 amide bonds. The third-order valence-electron chi connectivity index (χ3n) is 3.66. The van der Waals surface area contributed by atoms with E-state index in [1.165, 1.54) is 44.9 Å². The van der Waals surface area contributed by atoms with Gasteiger partial charge in [0, 0.05) is 0 Å². The highest BCUT2D eigenvalue weighted by molar-refractivity contribution is 6.37. The first-order chi connectivity index (χ1) is 7.24. The second-order valence-corrected chi connectivity index (χ2v) is 7.79. The maximum absolute atomic E-state index is 2.49. The maximum atomic E-state index is 2.49. The summed E-state index contributed by atoms with van der Waals surface area (Å²) in [5.41, 5.74) is 0. The first-order valence-electron chi connectivity index (χ1n) is 7.24. The van der Waals surface area contributed by atoms with Crippen molar-refractivity contribution in [3.63, 3.8) is 0 Å². The van der Waals surface area contributed by atoms with Gasteiger partial charge in [-0.1, -0.05) is 78.6 Å². The second-order valence-electron chi connectivity index (χ2n) is 5.24. The average molecular weight is 223 g/mol. The fraction of sp³-hybridized carbons (Fsp3) is 1.00. The molecule has 0 heterocycles. The Hall–Kier alpha value is 0.766. The maximum Gasteiger partial charge on any atom is 0.368 e. The Morgan fingerprint density at radius 3 is 2.07 bits per heavy atom. The van der Waals surface area contributed by atoms with Crippen LogP contribution in [0.3, 0.4) is 0 Å². The van der Waals surface area contributed by atoms with Gasteiger partial charge in [-0.2, -0.15) is 0 Å². The molecular formula is C14H30Mg. The van der Waals surface area contributed by atoms with Crippen molar-refractivity contribution in [2.24, 2.45) is 5.92 Å². The zero-order valence-corrected chi connectivity index (χ0v) is 12.9. The van der Waals surface area contributed by atoms with E-state index in [0.717, 1.165) is 9.97 Å². The van der Waals surface area contributed by atoms with Crippen LogP contribution >= 0.6 is 0 Å². The second kappa shape index (κ2) is 11.3. The Balaban J connectivity index is 3.50. The van der Waals surface area contributed by atoms with E-state index < -0.39 is 0 Å². The molecule has 0 aromatic rings. The number of hydrogen-bond acceptors (Lipinski definition) is 0.